The molecule has 27 heteroatoms. The third kappa shape index (κ3) is 23.9. The third-order valence-electron chi connectivity index (χ3n) is 13.8. The van der Waals surface area contributed by atoms with Crippen LogP contribution in [0.5, 0.6) is 11.5 Å². The van der Waals surface area contributed by atoms with Crippen molar-refractivity contribution in [1.29, 1.82) is 0 Å². The Balaban J connectivity index is 0.671. The number of aromatic nitrogens is 6. The number of carbonyl (C=O) groups excluding carboxylic acids is 4. The number of alkyl halides is 3. The molecule has 5 amide bonds. The molecule has 0 saturated carbocycles. The van der Waals surface area contributed by atoms with Gasteiger partial charge in [0.2, 0.25) is 17.7 Å². The number of rotatable bonds is 36. The van der Waals surface area contributed by atoms with Gasteiger partial charge < -0.3 is 53.9 Å². The lowest BCUT2D eigenvalue weighted by atomic mass is 10.0. The second-order valence-corrected chi connectivity index (χ2v) is 22.0. The van der Waals surface area contributed by atoms with Gasteiger partial charge in [-0.15, -0.1) is 16.4 Å². The topological polar surface area (TPSA) is 225 Å². The monoisotopic (exact) mass is 1240 g/mol. The molecule has 22 nitrogen and oxygen atoms in total. The second-order valence-electron chi connectivity index (χ2n) is 20.7. The summed E-state index contributed by atoms with van der Waals surface area (Å²) in [6.45, 7) is 8.33. The first-order valence-electron chi connectivity index (χ1n) is 28.6. The number of thiazole rings is 1. The number of hydrogen-bond acceptors (Lipinski definition) is 16. The summed E-state index contributed by atoms with van der Waals surface area (Å²) in [5, 5.41) is 23.5. The van der Waals surface area contributed by atoms with Gasteiger partial charge in [-0.3, -0.25) is 24.4 Å². The Morgan fingerprint density at radius 3 is 2.15 bits per heavy atom. The highest BCUT2D eigenvalue weighted by atomic mass is 35.5. The van der Waals surface area contributed by atoms with E-state index in [1.165, 1.54) is 28.4 Å². The summed E-state index contributed by atoms with van der Waals surface area (Å²) in [4.78, 5) is 64.3. The molecule has 3 aromatic heterocycles. The molecule has 1 unspecified atom stereocenters. The van der Waals surface area contributed by atoms with Crippen LogP contribution in [0, 0.1) is 0 Å². The van der Waals surface area contributed by atoms with Crippen LogP contribution in [-0.2, 0) is 68.0 Å². The molecular formula is C59H77ClF3N13O9S. The summed E-state index contributed by atoms with van der Waals surface area (Å²) in [6, 6.07) is 19.3. The number of piperazine rings is 1. The highest BCUT2D eigenvalue weighted by Crippen LogP contribution is 2.28. The lowest BCUT2D eigenvalue weighted by Gasteiger charge is -2.32. The van der Waals surface area contributed by atoms with Gasteiger partial charge in [0.25, 0.3) is 0 Å². The number of aryl methyl sites for hydroxylation is 2. The molecule has 0 bridgehead atoms. The molecule has 86 heavy (non-hydrogen) atoms. The van der Waals surface area contributed by atoms with E-state index in [1.807, 2.05) is 37.3 Å². The van der Waals surface area contributed by atoms with E-state index in [4.69, 9.17) is 35.3 Å². The van der Waals surface area contributed by atoms with Crippen molar-refractivity contribution in [3.8, 4) is 11.5 Å². The van der Waals surface area contributed by atoms with Crippen LogP contribution in [0.25, 0.3) is 0 Å². The van der Waals surface area contributed by atoms with Crippen LogP contribution < -0.4 is 25.4 Å². The Bertz CT molecular complexity index is 3000. The Labute approximate surface area is 508 Å². The van der Waals surface area contributed by atoms with Gasteiger partial charge in [0.15, 0.2) is 5.13 Å². The minimum atomic E-state index is -4.55. The maximum Gasteiger partial charge on any atom is 0.390 e. The number of nitrogens with zero attached hydrogens (tertiary/aromatic N) is 10. The van der Waals surface area contributed by atoms with Gasteiger partial charge >= 0.3 is 12.2 Å². The van der Waals surface area contributed by atoms with E-state index in [9.17, 15) is 32.3 Å². The largest absolute Gasteiger partial charge is 0.494 e. The van der Waals surface area contributed by atoms with Gasteiger partial charge in [0.1, 0.15) is 24.1 Å². The summed E-state index contributed by atoms with van der Waals surface area (Å²) >= 11 is 7.26. The maximum absolute atomic E-state index is 13.8. The van der Waals surface area contributed by atoms with Gasteiger partial charge in [0.05, 0.1) is 83.2 Å². The van der Waals surface area contributed by atoms with E-state index in [2.05, 4.69) is 46.1 Å². The molecule has 0 aliphatic carbocycles. The lowest BCUT2D eigenvalue weighted by molar-refractivity contribution is -0.152. The van der Waals surface area contributed by atoms with Crippen molar-refractivity contribution in [3.05, 3.63) is 130 Å². The fraction of sp³-hybridized carbons (Fsp3) is 0.492. The van der Waals surface area contributed by atoms with Gasteiger partial charge in [-0.25, -0.2) is 14.5 Å². The third-order valence-corrected chi connectivity index (χ3v) is 14.9. The number of urea groups is 1. The Morgan fingerprint density at radius 2 is 1.43 bits per heavy atom. The van der Waals surface area contributed by atoms with Crippen LogP contribution in [0.3, 0.4) is 0 Å². The zero-order chi connectivity index (χ0) is 61.1. The number of benzene rings is 3. The van der Waals surface area contributed by atoms with E-state index in [0.29, 0.717) is 118 Å². The molecule has 3 aromatic carbocycles. The molecule has 1 saturated heterocycles. The number of ether oxygens (including phenoxy) is 5. The average molecular weight is 1240 g/mol. The molecule has 0 radical (unpaired) electrons. The summed E-state index contributed by atoms with van der Waals surface area (Å²) in [7, 11) is 5.71. The van der Waals surface area contributed by atoms with Crippen molar-refractivity contribution in [2.45, 2.75) is 70.3 Å². The van der Waals surface area contributed by atoms with Crippen LogP contribution in [0.2, 0.25) is 5.02 Å². The van der Waals surface area contributed by atoms with Crippen LogP contribution in [-0.4, -0.2) is 192 Å². The number of nitrogens with one attached hydrogen (secondary N) is 3. The SMILES string of the molecule is CN(CCCCOc1ccc(CCC(=O)N(CCC(F)(F)F)C(C(=O)NCc2ccc(Cl)cc2)c2cnn(C)c2)cc1)CCOCCOCCc1cn(CCOCCOc2ccc(NC(=O)Nc3nc(CC(=O)N4CCN(C)CC4)cs3)cc2)nn1. The normalized spacial score (nSPS) is 13.2. The van der Waals surface area contributed by atoms with E-state index in [1.54, 1.807) is 77.8 Å². The minimum absolute atomic E-state index is 0.0379. The molecule has 466 valence electrons. The smallest absolute Gasteiger partial charge is 0.390 e. The number of carbonyl (C=O) groups is 4. The van der Waals surface area contributed by atoms with E-state index >= 15 is 0 Å². The fourth-order valence-corrected chi connectivity index (χ4v) is 9.77. The van der Waals surface area contributed by atoms with E-state index in [-0.39, 0.29) is 31.7 Å². The first-order chi connectivity index (χ1) is 41.5. The second kappa shape index (κ2) is 34.8. The molecule has 0 spiro atoms. The predicted molar refractivity (Wildman–Crippen MR) is 319 cm³/mol. The number of amides is 5. The zero-order valence-corrected chi connectivity index (χ0v) is 50.4. The number of unbranched alkanes of at least 4 members (excludes halogenated alkanes) is 1. The minimum Gasteiger partial charge on any atom is -0.494 e. The van der Waals surface area contributed by atoms with Gasteiger partial charge in [0, 0.05) is 99.7 Å². The Hall–Kier alpha value is -7.20. The maximum atomic E-state index is 13.8. The number of anilines is 2. The number of halogens is 4. The summed E-state index contributed by atoms with van der Waals surface area (Å²) in [5.41, 5.74) is 3.85. The lowest BCUT2D eigenvalue weighted by Crippen LogP contribution is -2.47. The molecule has 4 heterocycles. The quantitative estimate of drug-likeness (QED) is 0.0328. The van der Waals surface area contributed by atoms with Crippen molar-refractivity contribution >= 4 is 57.5 Å². The molecule has 1 aliphatic heterocycles. The van der Waals surface area contributed by atoms with Gasteiger partial charge in [-0.1, -0.05) is 41.1 Å². The van der Waals surface area contributed by atoms with Crippen molar-refractivity contribution in [2.75, 3.05) is 123 Å². The van der Waals surface area contributed by atoms with Crippen LogP contribution >= 0.6 is 22.9 Å². The molecule has 1 fully saturated rings. The first kappa shape index (κ1) is 66.3. The van der Waals surface area contributed by atoms with Crippen molar-refractivity contribution in [2.24, 2.45) is 7.05 Å². The number of likely N-dealkylation sites (N-methyl/N-ethyl adjacent to an activating group) is 2. The van der Waals surface area contributed by atoms with Gasteiger partial charge in [-0.2, -0.15) is 18.3 Å². The van der Waals surface area contributed by atoms with Crippen LogP contribution in [0.1, 0.15) is 59.8 Å². The average Bonchev–Trinajstić information content (AvgIpc) is 2.63. The molecule has 3 N–H and O–H groups in total. The molecule has 6 aromatic rings. The van der Waals surface area contributed by atoms with Crippen molar-refractivity contribution < 1.29 is 56.0 Å². The highest BCUT2D eigenvalue weighted by molar-refractivity contribution is 7.14. The zero-order valence-electron chi connectivity index (χ0n) is 48.9. The predicted octanol–water partition coefficient (Wildman–Crippen LogP) is 7.32. The summed E-state index contributed by atoms with van der Waals surface area (Å²) in [5.74, 6) is 0.109. The van der Waals surface area contributed by atoms with Crippen molar-refractivity contribution in [3.63, 3.8) is 0 Å². The Kier molecular flexibility index (Phi) is 26.9. The molecule has 1 aliphatic rings. The van der Waals surface area contributed by atoms with Crippen LogP contribution in [0.4, 0.5) is 28.8 Å². The van der Waals surface area contributed by atoms with Gasteiger partial charge in [-0.05, 0) is 99.6 Å². The molecule has 1 atom stereocenters. The fourth-order valence-electron chi connectivity index (χ4n) is 8.94. The molecular weight excluding hydrogens is 1160 g/mol. The summed E-state index contributed by atoms with van der Waals surface area (Å²) in [6.07, 6.45) is 1.64. The van der Waals surface area contributed by atoms with E-state index < -0.39 is 43.0 Å². The highest BCUT2D eigenvalue weighted by Gasteiger charge is 2.36. The van der Waals surface area contributed by atoms with E-state index in [0.717, 1.165) is 60.7 Å². The van der Waals surface area contributed by atoms with Crippen molar-refractivity contribution in [1.82, 2.24) is 54.7 Å². The first-order valence-corrected chi connectivity index (χ1v) is 29.9. The summed E-state index contributed by atoms with van der Waals surface area (Å²) < 4.78 is 72.8. The molecule has 7 rings (SSSR count). The number of hydrogen-bond donors (Lipinski definition) is 3. The standard InChI is InChI=1S/C59H77ClF3N13O9S/c1-71(22-4-5-30-84-51-15-8-44(9-16-51)10-19-53(77)76(23-21-59(61,62)63)55(46-40-65-73(3)41-46)56(79)64-39-45-6-11-47(60)12-7-45)28-32-82-35-34-81-31-20-49-42-75(70-69-49)29-33-83-36-37-85-52-17-13-48(14-18-52)66-57(80)68-58-67-50(43-86-58)38-54(78)74-26-24-72(2)25-27-74/h6-9,11-18,40-43,55H,4-5,10,19-39H2,1-3H3,(H,64,79)(H2,66,67,68,80). The van der Waals surface area contributed by atoms with Crippen LogP contribution in [0.15, 0.2) is 96.8 Å². The Morgan fingerprint density at radius 1 is 0.744 bits per heavy atom.